The molecule has 1 fully saturated rings. The lowest BCUT2D eigenvalue weighted by molar-refractivity contribution is 0.203. The Labute approximate surface area is 224 Å². The van der Waals surface area contributed by atoms with Crippen LogP contribution in [0.25, 0.3) is 10.8 Å². The minimum Gasteiger partial charge on any atom is -0.497 e. The van der Waals surface area contributed by atoms with Crippen LogP contribution in [0.3, 0.4) is 0 Å². The van der Waals surface area contributed by atoms with E-state index in [2.05, 4.69) is 37.6 Å². The van der Waals surface area contributed by atoms with Gasteiger partial charge in [-0.1, -0.05) is 18.6 Å². The van der Waals surface area contributed by atoms with E-state index in [1.807, 2.05) is 48.5 Å². The fourth-order valence-corrected chi connectivity index (χ4v) is 4.71. The molecule has 5 rings (SSSR count). The first-order valence-corrected chi connectivity index (χ1v) is 13.2. The van der Waals surface area contributed by atoms with Crippen molar-refractivity contribution in [3.05, 3.63) is 66.9 Å². The topological polar surface area (TPSA) is 80.8 Å². The van der Waals surface area contributed by atoms with Crippen LogP contribution < -0.4 is 24.8 Å². The lowest BCUT2D eigenvalue weighted by Crippen LogP contribution is -2.31. The van der Waals surface area contributed by atoms with E-state index in [-0.39, 0.29) is 0 Å². The maximum Gasteiger partial charge on any atom is 0.229 e. The molecule has 0 unspecified atom stereocenters. The Hall–Kier alpha value is -4.04. The van der Waals surface area contributed by atoms with Gasteiger partial charge in [0.2, 0.25) is 5.95 Å². The summed E-state index contributed by atoms with van der Waals surface area (Å²) in [6, 6.07) is 19.8. The molecule has 0 aliphatic carbocycles. The van der Waals surface area contributed by atoms with Crippen molar-refractivity contribution in [1.82, 2.24) is 14.9 Å². The van der Waals surface area contributed by atoms with Crippen molar-refractivity contribution < 1.29 is 14.2 Å². The number of fused-ring (bicyclic) bond motifs is 1. The van der Waals surface area contributed by atoms with Gasteiger partial charge in [-0.2, -0.15) is 4.98 Å². The average Bonchev–Trinajstić information content (AvgIpc) is 2.96. The minimum absolute atomic E-state index is 0.481. The largest absolute Gasteiger partial charge is 0.497 e. The van der Waals surface area contributed by atoms with Crippen molar-refractivity contribution in [2.75, 3.05) is 51.1 Å². The van der Waals surface area contributed by atoms with Crippen LogP contribution in [0.4, 0.5) is 23.1 Å². The first-order valence-electron chi connectivity index (χ1n) is 13.2. The zero-order chi connectivity index (χ0) is 26.2. The van der Waals surface area contributed by atoms with Gasteiger partial charge in [0.25, 0.3) is 0 Å². The van der Waals surface area contributed by atoms with E-state index < -0.39 is 0 Å². The Morgan fingerprint density at radius 1 is 0.789 bits per heavy atom. The number of nitrogens with zero attached hydrogens (tertiary/aromatic N) is 3. The SMILES string of the molecule is COc1ccc2ccc(Nc3ccnc(Nc4ccc(OCCCN5CCCCC5)c(OC)c4)n3)cc2c1. The van der Waals surface area contributed by atoms with Gasteiger partial charge in [0, 0.05) is 30.2 Å². The van der Waals surface area contributed by atoms with E-state index in [0.717, 1.165) is 46.6 Å². The molecule has 0 radical (unpaired) electrons. The number of rotatable bonds is 11. The number of hydrogen-bond acceptors (Lipinski definition) is 8. The molecular formula is C30H35N5O3. The molecule has 1 aromatic heterocycles. The van der Waals surface area contributed by atoms with Crippen LogP contribution in [0.15, 0.2) is 66.9 Å². The van der Waals surface area contributed by atoms with Gasteiger partial charge in [-0.15, -0.1) is 0 Å². The number of anilines is 4. The Morgan fingerprint density at radius 2 is 1.61 bits per heavy atom. The van der Waals surface area contributed by atoms with Gasteiger partial charge < -0.3 is 29.7 Å². The number of methoxy groups -OCH3 is 2. The van der Waals surface area contributed by atoms with Gasteiger partial charge in [-0.25, -0.2) is 4.98 Å². The molecule has 38 heavy (non-hydrogen) atoms. The molecule has 0 bridgehead atoms. The molecule has 8 heteroatoms. The van der Waals surface area contributed by atoms with Crippen LogP contribution in [0.5, 0.6) is 17.2 Å². The van der Waals surface area contributed by atoms with Crippen LogP contribution in [0.2, 0.25) is 0 Å². The van der Waals surface area contributed by atoms with Gasteiger partial charge in [0.05, 0.1) is 20.8 Å². The van der Waals surface area contributed by atoms with E-state index in [9.17, 15) is 0 Å². The van der Waals surface area contributed by atoms with Crippen LogP contribution in [0.1, 0.15) is 25.7 Å². The third-order valence-corrected chi connectivity index (χ3v) is 6.72. The van der Waals surface area contributed by atoms with E-state index in [1.165, 1.54) is 32.4 Å². The van der Waals surface area contributed by atoms with Crippen molar-refractivity contribution >= 4 is 33.9 Å². The first-order chi connectivity index (χ1) is 18.7. The molecule has 0 atom stereocenters. The first kappa shape index (κ1) is 25.6. The number of likely N-dealkylation sites (tertiary alicyclic amines) is 1. The van der Waals surface area contributed by atoms with Gasteiger partial charge in [0.15, 0.2) is 11.5 Å². The molecule has 2 N–H and O–H groups in total. The maximum atomic E-state index is 6.03. The Bertz CT molecular complexity index is 1360. The van der Waals surface area contributed by atoms with Crippen molar-refractivity contribution in [2.24, 2.45) is 0 Å². The Balaban J connectivity index is 1.20. The molecule has 4 aromatic rings. The summed E-state index contributed by atoms with van der Waals surface area (Å²) in [5.74, 6) is 3.40. The molecule has 2 heterocycles. The van der Waals surface area contributed by atoms with Crippen molar-refractivity contribution in [3.8, 4) is 17.2 Å². The second kappa shape index (κ2) is 12.5. The molecule has 0 amide bonds. The summed E-state index contributed by atoms with van der Waals surface area (Å²) in [5, 5.41) is 8.86. The third-order valence-electron chi connectivity index (χ3n) is 6.72. The van der Waals surface area contributed by atoms with Crippen molar-refractivity contribution in [1.29, 1.82) is 0 Å². The molecule has 0 spiro atoms. The third kappa shape index (κ3) is 6.63. The van der Waals surface area contributed by atoms with E-state index >= 15 is 0 Å². The number of hydrogen-bond donors (Lipinski definition) is 2. The standard InChI is InChI=1S/C30H35N5O3/c1-36-26-11-8-22-7-9-24(19-23(22)20-26)32-29-13-14-31-30(34-29)33-25-10-12-27(28(21-25)37-2)38-18-6-17-35-15-4-3-5-16-35/h7-14,19-21H,3-6,15-18H2,1-2H3,(H2,31,32,33,34). The van der Waals surface area contributed by atoms with E-state index in [1.54, 1.807) is 20.4 Å². The van der Waals surface area contributed by atoms with Gasteiger partial charge in [-0.05, 0) is 85.6 Å². The summed E-state index contributed by atoms with van der Waals surface area (Å²) in [4.78, 5) is 11.5. The lowest BCUT2D eigenvalue weighted by atomic mass is 10.1. The minimum atomic E-state index is 0.481. The van der Waals surface area contributed by atoms with Crippen LogP contribution in [-0.2, 0) is 0 Å². The smallest absolute Gasteiger partial charge is 0.229 e. The van der Waals surface area contributed by atoms with Crippen LogP contribution in [-0.4, -0.2) is 55.3 Å². The number of piperidine rings is 1. The highest BCUT2D eigenvalue weighted by Gasteiger charge is 2.11. The molecule has 198 valence electrons. The van der Waals surface area contributed by atoms with Crippen LogP contribution >= 0.6 is 0 Å². The Kier molecular flexibility index (Phi) is 8.40. The Morgan fingerprint density at radius 3 is 2.45 bits per heavy atom. The highest BCUT2D eigenvalue weighted by atomic mass is 16.5. The molecule has 1 aliphatic rings. The fourth-order valence-electron chi connectivity index (χ4n) is 4.71. The predicted molar refractivity (Wildman–Crippen MR) is 152 cm³/mol. The average molecular weight is 514 g/mol. The predicted octanol–water partition coefficient (Wildman–Crippen LogP) is 6.39. The summed E-state index contributed by atoms with van der Waals surface area (Å²) < 4.78 is 17.0. The van der Waals surface area contributed by atoms with Gasteiger partial charge in [-0.3, -0.25) is 0 Å². The van der Waals surface area contributed by atoms with Crippen LogP contribution in [0, 0.1) is 0 Å². The molecule has 1 saturated heterocycles. The summed E-state index contributed by atoms with van der Waals surface area (Å²) in [7, 11) is 3.33. The molecule has 0 saturated carbocycles. The fraction of sp³-hybridized carbons (Fsp3) is 0.333. The number of nitrogens with one attached hydrogen (secondary N) is 2. The number of benzene rings is 3. The quantitative estimate of drug-likeness (QED) is 0.223. The van der Waals surface area contributed by atoms with E-state index in [0.29, 0.717) is 24.1 Å². The highest BCUT2D eigenvalue weighted by Crippen LogP contribution is 2.31. The molecular weight excluding hydrogens is 478 g/mol. The van der Waals surface area contributed by atoms with Gasteiger partial charge >= 0.3 is 0 Å². The molecule has 8 nitrogen and oxygen atoms in total. The lowest BCUT2D eigenvalue weighted by Gasteiger charge is -2.26. The van der Waals surface area contributed by atoms with Crippen molar-refractivity contribution in [3.63, 3.8) is 0 Å². The van der Waals surface area contributed by atoms with Crippen molar-refractivity contribution in [2.45, 2.75) is 25.7 Å². The number of aromatic nitrogens is 2. The second-order valence-corrected chi connectivity index (χ2v) is 9.41. The normalized spacial score (nSPS) is 13.7. The zero-order valence-corrected chi connectivity index (χ0v) is 22.1. The monoisotopic (exact) mass is 513 g/mol. The summed E-state index contributed by atoms with van der Waals surface area (Å²) in [5.41, 5.74) is 1.75. The summed E-state index contributed by atoms with van der Waals surface area (Å²) in [6.45, 7) is 4.16. The maximum absolute atomic E-state index is 6.03. The van der Waals surface area contributed by atoms with E-state index in [4.69, 9.17) is 14.2 Å². The molecule has 1 aliphatic heterocycles. The molecule has 3 aromatic carbocycles. The highest BCUT2D eigenvalue weighted by molar-refractivity contribution is 5.87. The van der Waals surface area contributed by atoms with Gasteiger partial charge in [0.1, 0.15) is 11.6 Å². The number of ether oxygens (including phenoxy) is 3. The zero-order valence-electron chi connectivity index (χ0n) is 22.1. The summed E-state index contributed by atoms with van der Waals surface area (Å²) >= 11 is 0. The summed E-state index contributed by atoms with van der Waals surface area (Å²) in [6.07, 6.45) is 6.70. The second-order valence-electron chi connectivity index (χ2n) is 9.41.